The molecule has 2 aromatic rings. The molecule has 0 spiro atoms. The normalized spacial score (nSPS) is 14.2. The number of fused-ring (bicyclic) bond motifs is 1. The molecule has 3 rings (SSSR count). The fourth-order valence-electron chi connectivity index (χ4n) is 3.14. The quantitative estimate of drug-likeness (QED) is 0.734. The third-order valence-electron chi connectivity index (χ3n) is 4.69. The molecule has 150 valence electrons. The standard InChI is InChI=1S/C18H23N5O5/c1-27-13-9-11-12(10-14(13)28-2)20-18(21-17(11)19)23-7-5-22(6-8-23)15(24)3-4-16(25)26/h9-10H,3-8H2,1-2H3,(H,25,26)(H2,19,20,21). The van der Waals surface area contributed by atoms with Crippen LogP contribution < -0.4 is 20.1 Å². The average Bonchev–Trinajstić information content (AvgIpc) is 2.71. The molecule has 28 heavy (non-hydrogen) atoms. The van der Waals surface area contributed by atoms with Crippen LogP contribution in [0.15, 0.2) is 12.1 Å². The number of piperazine rings is 1. The molecule has 0 radical (unpaired) electrons. The van der Waals surface area contributed by atoms with Crippen LogP contribution in [0, 0.1) is 0 Å². The Balaban J connectivity index is 1.76. The van der Waals surface area contributed by atoms with Gasteiger partial charge in [-0.2, -0.15) is 4.98 Å². The summed E-state index contributed by atoms with van der Waals surface area (Å²) in [6.07, 6.45) is -0.148. The van der Waals surface area contributed by atoms with Crippen LogP contribution in [0.5, 0.6) is 11.5 Å². The summed E-state index contributed by atoms with van der Waals surface area (Å²) >= 11 is 0. The first kappa shape index (κ1) is 19.5. The van der Waals surface area contributed by atoms with E-state index in [-0.39, 0.29) is 18.7 Å². The van der Waals surface area contributed by atoms with E-state index in [1.54, 1.807) is 31.3 Å². The number of nitrogens with two attached hydrogens (primary N) is 1. The second-order valence-electron chi connectivity index (χ2n) is 6.39. The van der Waals surface area contributed by atoms with Crippen molar-refractivity contribution >= 4 is 34.5 Å². The van der Waals surface area contributed by atoms with Gasteiger partial charge >= 0.3 is 5.97 Å². The highest BCUT2D eigenvalue weighted by Crippen LogP contribution is 2.34. The van der Waals surface area contributed by atoms with Gasteiger partial charge in [-0.25, -0.2) is 4.98 Å². The number of rotatable bonds is 6. The summed E-state index contributed by atoms with van der Waals surface area (Å²) in [4.78, 5) is 35.3. The lowest BCUT2D eigenvalue weighted by Crippen LogP contribution is -2.49. The molecule has 0 unspecified atom stereocenters. The van der Waals surface area contributed by atoms with Crippen LogP contribution in [0.1, 0.15) is 12.8 Å². The molecule has 1 aromatic carbocycles. The Labute approximate surface area is 161 Å². The SMILES string of the molecule is COc1cc2nc(N3CCN(C(=O)CCC(=O)O)CC3)nc(N)c2cc1OC. The number of nitrogen functional groups attached to an aromatic ring is 1. The monoisotopic (exact) mass is 389 g/mol. The van der Waals surface area contributed by atoms with Gasteiger partial charge in [-0.15, -0.1) is 0 Å². The average molecular weight is 389 g/mol. The Hall–Kier alpha value is -3.30. The van der Waals surface area contributed by atoms with E-state index < -0.39 is 5.97 Å². The number of aliphatic carboxylic acids is 1. The second-order valence-corrected chi connectivity index (χ2v) is 6.39. The Morgan fingerprint density at radius 2 is 1.71 bits per heavy atom. The van der Waals surface area contributed by atoms with Crippen LogP contribution in [0.4, 0.5) is 11.8 Å². The smallest absolute Gasteiger partial charge is 0.303 e. The molecule has 1 fully saturated rings. The lowest BCUT2D eigenvalue weighted by molar-refractivity contribution is -0.141. The molecule has 10 heteroatoms. The lowest BCUT2D eigenvalue weighted by Gasteiger charge is -2.34. The van der Waals surface area contributed by atoms with Crippen LogP contribution in [0.2, 0.25) is 0 Å². The largest absolute Gasteiger partial charge is 0.493 e. The van der Waals surface area contributed by atoms with E-state index in [0.717, 1.165) is 0 Å². The summed E-state index contributed by atoms with van der Waals surface area (Å²) in [6, 6.07) is 3.49. The highest BCUT2D eigenvalue weighted by molar-refractivity contribution is 5.91. The number of carboxylic acids is 1. The van der Waals surface area contributed by atoms with Gasteiger partial charge in [0.15, 0.2) is 11.5 Å². The number of methoxy groups -OCH3 is 2. The third-order valence-corrected chi connectivity index (χ3v) is 4.69. The van der Waals surface area contributed by atoms with E-state index >= 15 is 0 Å². The molecule has 1 aliphatic rings. The Kier molecular flexibility index (Phi) is 5.67. The first-order valence-electron chi connectivity index (χ1n) is 8.86. The van der Waals surface area contributed by atoms with Crippen LogP contribution in [-0.2, 0) is 9.59 Å². The molecular weight excluding hydrogens is 366 g/mol. The first-order chi connectivity index (χ1) is 13.4. The maximum absolute atomic E-state index is 12.1. The fourth-order valence-corrected chi connectivity index (χ4v) is 3.14. The minimum absolute atomic E-state index is 0.0103. The van der Waals surface area contributed by atoms with Crippen molar-refractivity contribution in [1.29, 1.82) is 0 Å². The zero-order valence-electron chi connectivity index (χ0n) is 15.8. The number of hydrogen-bond donors (Lipinski definition) is 2. The molecule has 0 aliphatic carbocycles. The highest BCUT2D eigenvalue weighted by atomic mass is 16.5. The zero-order chi connectivity index (χ0) is 20.3. The van der Waals surface area contributed by atoms with E-state index in [1.165, 1.54) is 0 Å². The number of amides is 1. The van der Waals surface area contributed by atoms with E-state index in [4.69, 9.17) is 20.3 Å². The number of carboxylic acid groups (broad SMARTS) is 1. The summed E-state index contributed by atoms with van der Waals surface area (Å²) in [5.74, 6) is 0.784. The summed E-state index contributed by atoms with van der Waals surface area (Å²) in [6.45, 7) is 2.03. The van der Waals surface area contributed by atoms with Crippen LogP contribution in [0.25, 0.3) is 10.9 Å². The van der Waals surface area contributed by atoms with Crippen molar-refractivity contribution in [2.75, 3.05) is 51.0 Å². The third kappa shape index (κ3) is 4.00. The highest BCUT2D eigenvalue weighted by Gasteiger charge is 2.24. The number of hydrogen-bond acceptors (Lipinski definition) is 8. The molecule has 1 aliphatic heterocycles. The van der Waals surface area contributed by atoms with Gasteiger partial charge in [-0.05, 0) is 6.07 Å². The van der Waals surface area contributed by atoms with E-state index in [0.29, 0.717) is 60.3 Å². The van der Waals surface area contributed by atoms with Crippen LogP contribution in [0.3, 0.4) is 0 Å². The van der Waals surface area contributed by atoms with E-state index in [2.05, 4.69) is 9.97 Å². The van der Waals surface area contributed by atoms with Crippen LogP contribution in [-0.4, -0.2) is 72.2 Å². The second kappa shape index (κ2) is 8.15. The molecule has 1 amide bonds. The molecule has 0 bridgehead atoms. The predicted molar refractivity (Wildman–Crippen MR) is 103 cm³/mol. The number of nitrogens with zero attached hydrogens (tertiary/aromatic N) is 4. The molecular formula is C18H23N5O5. The van der Waals surface area contributed by atoms with Gasteiger partial charge in [0.25, 0.3) is 0 Å². The molecule has 10 nitrogen and oxygen atoms in total. The number of ether oxygens (including phenoxy) is 2. The van der Waals surface area contributed by atoms with Gasteiger partial charge < -0.3 is 30.1 Å². The van der Waals surface area contributed by atoms with Crippen molar-refractivity contribution in [3.8, 4) is 11.5 Å². The molecule has 1 aromatic heterocycles. The first-order valence-corrected chi connectivity index (χ1v) is 8.86. The number of benzene rings is 1. The molecule has 0 saturated carbocycles. The number of anilines is 2. The van der Waals surface area contributed by atoms with Crippen molar-refractivity contribution < 1.29 is 24.2 Å². The van der Waals surface area contributed by atoms with E-state index in [1.807, 2.05) is 4.90 Å². The van der Waals surface area contributed by atoms with E-state index in [9.17, 15) is 9.59 Å². The van der Waals surface area contributed by atoms with Crippen molar-refractivity contribution in [3.63, 3.8) is 0 Å². The fraction of sp³-hybridized carbons (Fsp3) is 0.444. The summed E-state index contributed by atoms with van der Waals surface area (Å²) in [5, 5.41) is 9.38. The molecule has 1 saturated heterocycles. The van der Waals surface area contributed by atoms with Gasteiger partial charge in [0.05, 0.1) is 26.2 Å². The van der Waals surface area contributed by atoms with Gasteiger partial charge in [0, 0.05) is 44.1 Å². The maximum Gasteiger partial charge on any atom is 0.303 e. The number of carbonyl (C=O) groups excluding carboxylic acids is 1. The number of carbonyl (C=O) groups is 2. The molecule has 2 heterocycles. The van der Waals surface area contributed by atoms with Gasteiger partial charge in [-0.3, -0.25) is 9.59 Å². The maximum atomic E-state index is 12.1. The minimum atomic E-state index is -0.973. The van der Waals surface area contributed by atoms with Crippen molar-refractivity contribution in [3.05, 3.63) is 12.1 Å². The molecule has 0 atom stereocenters. The zero-order valence-corrected chi connectivity index (χ0v) is 15.8. The predicted octanol–water partition coefficient (Wildman–Crippen LogP) is 0.743. The van der Waals surface area contributed by atoms with Crippen molar-refractivity contribution in [2.24, 2.45) is 0 Å². The van der Waals surface area contributed by atoms with Gasteiger partial charge in [-0.1, -0.05) is 0 Å². The minimum Gasteiger partial charge on any atom is -0.493 e. The van der Waals surface area contributed by atoms with Crippen molar-refractivity contribution in [1.82, 2.24) is 14.9 Å². The Bertz CT molecular complexity index is 896. The van der Waals surface area contributed by atoms with Crippen molar-refractivity contribution in [2.45, 2.75) is 12.8 Å². The summed E-state index contributed by atoms with van der Waals surface area (Å²) in [7, 11) is 3.10. The Morgan fingerprint density at radius 1 is 1.07 bits per heavy atom. The summed E-state index contributed by atoms with van der Waals surface area (Å²) in [5.41, 5.74) is 6.77. The molecule has 3 N–H and O–H groups in total. The summed E-state index contributed by atoms with van der Waals surface area (Å²) < 4.78 is 10.6. The van der Waals surface area contributed by atoms with Crippen LogP contribution >= 0.6 is 0 Å². The lowest BCUT2D eigenvalue weighted by atomic mass is 10.2. The number of aromatic nitrogens is 2. The van der Waals surface area contributed by atoms with Gasteiger partial charge in [0.1, 0.15) is 5.82 Å². The van der Waals surface area contributed by atoms with Gasteiger partial charge in [0.2, 0.25) is 11.9 Å². The Morgan fingerprint density at radius 3 is 2.32 bits per heavy atom. The topological polar surface area (TPSA) is 131 Å².